The number of hydrogen-bond acceptors (Lipinski definition) is 8. The number of rotatable bonds is 9. The molecule has 3 heterocycles. The van der Waals surface area contributed by atoms with Crippen molar-refractivity contribution in [2.45, 2.75) is 57.1 Å². The van der Waals surface area contributed by atoms with Gasteiger partial charge in [-0.1, -0.05) is 18.9 Å². The van der Waals surface area contributed by atoms with Crippen molar-refractivity contribution in [3.63, 3.8) is 0 Å². The number of carbonyl (C=O) groups excluding carboxylic acids is 1. The lowest BCUT2D eigenvalue weighted by molar-refractivity contribution is -0.117. The highest BCUT2D eigenvalue weighted by Crippen LogP contribution is 2.36. The Balaban J connectivity index is 1.23. The second-order valence-electron chi connectivity index (χ2n) is 10.2. The Hall–Kier alpha value is -3.81. The van der Waals surface area contributed by atoms with Crippen LogP contribution in [0, 0.1) is 17.2 Å². The summed E-state index contributed by atoms with van der Waals surface area (Å²) in [5.74, 6) is 0.849. The second kappa shape index (κ2) is 12.2. The molecule has 2 aliphatic rings. The molecule has 1 unspecified atom stereocenters. The molecule has 1 saturated carbocycles. The van der Waals surface area contributed by atoms with Gasteiger partial charge in [0.15, 0.2) is 0 Å². The summed E-state index contributed by atoms with van der Waals surface area (Å²) in [7, 11) is 0. The first-order valence-electron chi connectivity index (χ1n) is 13.4. The summed E-state index contributed by atoms with van der Waals surface area (Å²) in [6, 6.07) is 11.7. The zero-order valence-electron chi connectivity index (χ0n) is 21.5. The Morgan fingerprint density at radius 1 is 1.16 bits per heavy atom. The molecule has 1 saturated heterocycles. The minimum atomic E-state index is -0.258. The number of piperidine rings is 1. The van der Waals surface area contributed by atoms with Gasteiger partial charge in [-0.15, -0.1) is 0 Å². The van der Waals surface area contributed by atoms with E-state index in [9.17, 15) is 15.2 Å². The van der Waals surface area contributed by atoms with Crippen LogP contribution in [0.3, 0.4) is 0 Å². The lowest BCUT2D eigenvalue weighted by Crippen LogP contribution is -2.40. The number of nitriles is 1. The maximum Gasteiger partial charge on any atom is 0.238 e. The van der Waals surface area contributed by atoms with Gasteiger partial charge < -0.3 is 15.7 Å². The van der Waals surface area contributed by atoms with Crippen molar-refractivity contribution in [3.8, 4) is 17.3 Å². The number of benzene rings is 1. The predicted octanol–water partition coefficient (Wildman–Crippen LogP) is 4.12. The normalized spacial score (nSPS) is 17.7. The summed E-state index contributed by atoms with van der Waals surface area (Å²) in [6.07, 6.45) is 11.8. The SMILES string of the molecule is N#CCC(C1CCCC1)n1cc(-c2ccnc(Nc3cccc(NC(=O)CN4CCC(O)CC4)c3)n2)cn1. The van der Waals surface area contributed by atoms with Crippen LogP contribution < -0.4 is 10.6 Å². The number of nitrogens with one attached hydrogen (secondary N) is 2. The van der Waals surface area contributed by atoms with E-state index in [1.165, 1.54) is 12.8 Å². The molecule has 10 nitrogen and oxygen atoms in total. The fraction of sp³-hybridized carbons (Fsp3) is 0.464. The molecule has 1 aliphatic heterocycles. The number of aliphatic hydroxyl groups excluding tert-OH is 1. The van der Waals surface area contributed by atoms with Crippen molar-refractivity contribution < 1.29 is 9.90 Å². The van der Waals surface area contributed by atoms with E-state index in [1.54, 1.807) is 12.4 Å². The maximum atomic E-state index is 12.5. The van der Waals surface area contributed by atoms with Crippen LogP contribution in [-0.2, 0) is 4.79 Å². The first kappa shape index (κ1) is 25.8. The molecule has 1 amide bonds. The van der Waals surface area contributed by atoms with E-state index in [0.29, 0.717) is 43.4 Å². The zero-order chi connectivity index (χ0) is 26.3. The molecule has 3 N–H and O–H groups in total. The van der Waals surface area contributed by atoms with Gasteiger partial charge in [0.1, 0.15) is 0 Å². The van der Waals surface area contributed by atoms with Gasteiger partial charge in [-0.2, -0.15) is 10.4 Å². The fourth-order valence-corrected chi connectivity index (χ4v) is 5.43. The van der Waals surface area contributed by atoms with Crippen LogP contribution in [0.4, 0.5) is 17.3 Å². The molecule has 38 heavy (non-hydrogen) atoms. The third-order valence-electron chi connectivity index (χ3n) is 7.46. The number of carbonyl (C=O) groups is 1. The second-order valence-corrected chi connectivity index (χ2v) is 10.2. The highest BCUT2D eigenvalue weighted by molar-refractivity contribution is 5.92. The molecule has 1 atom stereocenters. The molecular formula is C28H34N8O2. The quantitative estimate of drug-likeness (QED) is 0.388. The molecule has 1 aliphatic carbocycles. The topological polar surface area (TPSA) is 132 Å². The van der Waals surface area contributed by atoms with Gasteiger partial charge in [0.05, 0.1) is 43.1 Å². The first-order valence-corrected chi connectivity index (χ1v) is 13.4. The average molecular weight is 515 g/mol. The van der Waals surface area contributed by atoms with Gasteiger partial charge in [0, 0.05) is 42.4 Å². The standard InChI is InChI=1S/C28H34N8O2/c29-12-8-26(20-4-1-2-5-20)36-18-21(17-31-36)25-9-13-30-28(34-25)33-23-7-3-6-22(16-23)32-27(38)19-35-14-10-24(37)11-15-35/h3,6-7,9,13,16-18,20,24,26,37H,1-2,4-5,8,10-11,14-15,19H2,(H,32,38)(H,30,33,34). The van der Waals surface area contributed by atoms with Gasteiger partial charge in [0.25, 0.3) is 0 Å². The molecule has 3 aromatic rings. The van der Waals surface area contributed by atoms with Crippen LogP contribution in [0.2, 0.25) is 0 Å². The third kappa shape index (κ3) is 6.54. The minimum Gasteiger partial charge on any atom is -0.393 e. The van der Waals surface area contributed by atoms with Crippen LogP contribution in [-0.4, -0.2) is 61.4 Å². The van der Waals surface area contributed by atoms with Crippen molar-refractivity contribution in [1.82, 2.24) is 24.6 Å². The monoisotopic (exact) mass is 514 g/mol. The summed E-state index contributed by atoms with van der Waals surface area (Å²) in [5, 5.41) is 29.8. The Morgan fingerprint density at radius 3 is 2.74 bits per heavy atom. The van der Waals surface area contributed by atoms with Crippen molar-refractivity contribution in [1.29, 1.82) is 5.26 Å². The molecule has 198 valence electrons. The van der Waals surface area contributed by atoms with E-state index in [4.69, 9.17) is 0 Å². The van der Waals surface area contributed by atoms with E-state index in [1.807, 2.05) is 41.2 Å². The number of anilines is 3. The van der Waals surface area contributed by atoms with E-state index in [0.717, 1.165) is 42.9 Å². The highest BCUT2D eigenvalue weighted by Gasteiger charge is 2.27. The highest BCUT2D eigenvalue weighted by atomic mass is 16.3. The third-order valence-corrected chi connectivity index (χ3v) is 7.46. The maximum absolute atomic E-state index is 12.5. The summed E-state index contributed by atoms with van der Waals surface area (Å²) in [6.45, 7) is 1.75. The number of likely N-dealkylation sites (tertiary alicyclic amines) is 1. The average Bonchev–Trinajstić information content (AvgIpc) is 3.62. The number of aliphatic hydroxyl groups is 1. The van der Waals surface area contributed by atoms with Crippen LogP contribution in [0.1, 0.15) is 51.0 Å². The van der Waals surface area contributed by atoms with Gasteiger partial charge in [0.2, 0.25) is 11.9 Å². The van der Waals surface area contributed by atoms with Crippen molar-refractivity contribution in [3.05, 3.63) is 48.9 Å². The smallest absolute Gasteiger partial charge is 0.238 e. The molecule has 2 fully saturated rings. The number of amides is 1. The minimum absolute atomic E-state index is 0.0823. The summed E-state index contributed by atoms with van der Waals surface area (Å²) >= 11 is 0. The van der Waals surface area contributed by atoms with E-state index < -0.39 is 0 Å². The van der Waals surface area contributed by atoms with Gasteiger partial charge in [-0.05, 0) is 55.9 Å². The van der Waals surface area contributed by atoms with Crippen molar-refractivity contribution in [2.24, 2.45) is 5.92 Å². The number of nitrogens with zero attached hydrogens (tertiary/aromatic N) is 6. The molecule has 0 radical (unpaired) electrons. The molecule has 5 rings (SSSR count). The largest absolute Gasteiger partial charge is 0.393 e. The molecule has 2 aromatic heterocycles. The van der Waals surface area contributed by atoms with E-state index in [2.05, 4.69) is 36.7 Å². The zero-order valence-corrected chi connectivity index (χ0v) is 21.5. The summed E-state index contributed by atoms with van der Waals surface area (Å²) < 4.78 is 1.93. The van der Waals surface area contributed by atoms with E-state index >= 15 is 0 Å². The lowest BCUT2D eigenvalue weighted by atomic mass is 9.96. The van der Waals surface area contributed by atoms with Crippen LogP contribution in [0.25, 0.3) is 11.3 Å². The Bertz CT molecular complexity index is 1270. The Kier molecular flexibility index (Phi) is 8.26. The van der Waals surface area contributed by atoms with E-state index in [-0.39, 0.29) is 18.1 Å². The Labute approximate surface area is 222 Å². The van der Waals surface area contributed by atoms with Crippen molar-refractivity contribution in [2.75, 3.05) is 30.3 Å². The summed E-state index contributed by atoms with van der Waals surface area (Å²) in [4.78, 5) is 23.6. The van der Waals surface area contributed by atoms with Gasteiger partial charge >= 0.3 is 0 Å². The molecule has 0 spiro atoms. The fourth-order valence-electron chi connectivity index (χ4n) is 5.43. The van der Waals surface area contributed by atoms with Gasteiger partial charge in [-0.25, -0.2) is 9.97 Å². The molecular weight excluding hydrogens is 480 g/mol. The first-order chi connectivity index (χ1) is 18.6. The predicted molar refractivity (Wildman–Crippen MR) is 145 cm³/mol. The van der Waals surface area contributed by atoms with Crippen LogP contribution >= 0.6 is 0 Å². The van der Waals surface area contributed by atoms with Crippen LogP contribution in [0.15, 0.2) is 48.9 Å². The molecule has 1 aromatic carbocycles. The molecule has 10 heteroatoms. The Morgan fingerprint density at radius 2 is 1.95 bits per heavy atom. The number of aromatic nitrogens is 4. The van der Waals surface area contributed by atoms with Crippen LogP contribution in [0.5, 0.6) is 0 Å². The van der Waals surface area contributed by atoms with Crippen molar-refractivity contribution >= 4 is 23.2 Å². The summed E-state index contributed by atoms with van der Waals surface area (Å²) in [5.41, 5.74) is 3.06. The lowest BCUT2D eigenvalue weighted by Gasteiger charge is -2.28. The number of hydrogen-bond donors (Lipinski definition) is 3. The van der Waals surface area contributed by atoms with Gasteiger partial charge in [-0.3, -0.25) is 14.4 Å². The molecule has 0 bridgehead atoms.